The Labute approximate surface area is 123 Å². The Bertz CT molecular complexity index is 562. The average Bonchev–Trinajstić information content (AvgIpc) is 2.47. The van der Waals surface area contributed by atoms with Gasteiger partial charge in [-0.05, 0) is 26.0 Å². The highest BCUT2D eigenvalue weighted by Gasteiger charge is 2.30. The van der Waals surface area contributed by atoms with Crippen LogP contribution in [0.4, 0.5) is 0 Å². The summed E-state index contributed by atoms with van der Waals surface area (Å²) >= 11 is 0. The number of carbonyl (C=O) groups excluding carboxylic acids is 2. The van der Waals surface area contributed by atoms with Crippen LogP contribution < -0.4 is 4.74 Å². The maximum atomic E-state index is 12.0. The van der Waals surface area contributed by atoms with E-state index in [1.165, 1.54) is 0 Å². The van der Waals surface area contributed by atoms with Crippen molar-refractivity contribution in [3.8, 4) is 5.75 Å². The van der Waals surface area contributed by atoms with Gasteiger partial charge >= 0.3 is 11.9 Å². The third kappa shape index (κ3) is 3.62. The fraction of sp³-hybridized carbons (Fsp3) is 0.375. The molecular formula is C16H18O5. The maximum absolute atomic E-state index is 12.0. The van der Waals surface area contributed by atoms with Crippen LogP contribution in [-0.2, 0) is 19.1 Å². The van der Waals surface area contributed by atoms with E-state index in [4.69, 9.17) is 14.2 Å². The lowest BCUT2D eigenvalue weighted by Crippen LogP contribution is -2.31. The first-order valence-corrected chi connectivity index (χ1v) is 6.95. The Morgan fingerprint density at radius 2 is 1.86 bits per heavy atom. The largest absolute Gasteiger partial charge is 0.484 e. The number of para-hydroxylation sites is 1. The number of carbonyl (C=O) groups is 2. The summed E-state index contributed by atoms with van der Waals surface area (Å²) in [6.45, 7) is 4.03. The normalized spacial score (nSPS) is 16.3. The smallest absolute Gasteiger partial charge is 0.337 e. The molecule has 1 atom stereocenters. The Hall–Kier alpha value is -2.30. The van der Waals surface area contributed by atoms with Gasteiger partial charge in [0, 0.05) is 5.56 Å². The first-order chi connectivity index (χ1) is 10.2. The predicted octanol–water partition coefficient (Wildman–Crippen LogP) is 2.35. The zero-order valence-electron chi connectivity index (χ0n) is 12.1. The fourth-order valence-corrected chi connectivity index (χ4v) is 2.11. The molecule has 0 aliphatic carbocycles. The van der Waals surface area contributed by atoms with Crippen molar-refractivity contribution >= 4 is 18.0 Å². The molecule has 0 bridgehead atoms. The third-order valence-electron chi connectivity index (χ3n) is 3.01. The Kier molecular flexibility index (Phi) is 4.98. The van der Waals surface area contributed by atoms with Gasteiger partial charge in [0.05, 0.1) is 25.2 Å². The van der Waals surface area contributed by atoms with Gasteiger partial charge in [0.25, 0.3) is 0 Å². The van der Waals surface area contributed by atoms with E-state index in [9.17, 15) is 9.59 Å². The first kappa shape index (κ1) is 15.1. The molecule has 5 nitrogen and oxygen atoms in total. The summed E-state index contributed by atoms with van der Waals surface area (Å²) in [6, 6.07) is 7.33. The number of hydrogen-bond acceptors (Lipinski definition) is 5. The summed E-state index contributed by atoms with van der Waals surface area (Å²) < 4.78 is 15.7. The van der Waals surface area contributed by atoms with Gasteiger partial charge in [0.15, 0.2) is 0 Å². The summed E-state index contributed by atoms with van der Waals surface area (Å²) in [4.78, 5) is 23.7. The zero-order chi connectivity index (χ0) is 15.2. The molecule has 0 radical (unpaired) electrons. The lowest BCUT2D eigenvalue weighted by atomic mass is 9.99. The highest BCUT2D eigenvalue weighted by Crippen LogP contribution is 2.31. The summed E-state index contributed by atoms with van der Waals surface area (Å²) in [5, 5.41) is 0. The number of hydrogen-bond donors (Lipinski definition) is 0. The molecule has 0 aromatic heterocycles. The Balaban J connectivity index is 2.26. The topological polar surface area (TPSA) is 61.8 Å². The SMILES string of the molecule is CCOC(=O)CC1Oc2ccccc2C=C1C(=O)OCC. The average molecular weight is 290 g/mol. The summed E-state index contributed by atoms with van der Waals surface area (Å²) in [6.07, 6.45) is 1.01. The van der Waals surface area contributed by atoms with Crippen LogP contribution in [0.5, 0.6) is 5.75 Å². The van der Waals surface area contributed by atoms with Gasteiger partial charge in [-0.2, -0.15) is 0 Å². The van der Waals surface area contributed by atoms with Crippen molar-refractivity contribution in [2.45, 2.75) is 26.4 Å². The fourth-order valence-electron chi connectivity index (χ4n) is 2.11. The summed E-state index contributed by atoms with van der Waals surface area (Å²) in [5.41, 5.74) is 1.13. The molecule has 112 valence electrons. The second-order valence-electron chi connectivity index (χ2n) is 4.47. The maximum Gasteiger partial charge on any atom is 0.337 e. The van der Waals surface area contributed by atoms with Crippen molar-refractivity contribution in [1.29, 1.82) is 0 Å². The van der Waals surface area contributed by atoms with Crippen LogP contribution in [0.15, 0.2) is 29.8 Å². The molecule has 0 saturated carbocycles. The van der Waals surface area contributed by atoms with Crippen molar-refractivity contribution in [3.63, 3.8) is 0 Å². The number of benzene rings is 1. The van der Waals surface area contributed by atoms with Crippen molar-refractivity contribution < 1.29 is 23.8 Å². The highest BCUT2D eigenvalue weighted by molar-refractivity contribution is 5.97. The molecule has 0 amide bonds. The molecule has 1 heterocycles. The molecule has 1 aromatic carbocycles. The summed E-state index contributed by atoms with van der Waals surface area (Å²) in [5.74, 6) is -0.238. The van der Waals surface area contributed by atoms with Crippen molar-refractivity contribution in [2.24, 2.45) is 0 Å². The van der Waals surface area contributed by atoms with Gasteiger partial charge in [-0.15, -0.1) is 0 Å². The summed E-state index contributed by atoms with van der Waals surface area (Å²) in [7, 11) is 0. The van der Waals surface area contributed by atoms with Crippen LogP contribution in [0.25, 0.3) is 6.08 Å². The number of fused-ring (bicyclic) bond motifs is 1. The molecule has 0 N–H and O–H groups in total. The van der Waals surface area contributed by atoms with Crippen molar-refractivity contribution in [3.05, 3.63) is 35.4 Å². The van der Waals surface area contributed by atoms with Crippen LogP contribution in [0.2, 0.25) is 0 Å². The van der Waals surface area contributed by atoms with Gasteiger partial charge < -0.3 is 14.2 Å². The zero-order valence-corrected chi connectivity index (χ0v) is 12.1. The van der Waals surface area contributed by atoms with E-state index in [2.05, 4.69) is 0 Å². The highest BCUT2D eigenvalue weighted by atomic mass is 16.5. The lowest BCUT2D eigenvalue weighted by Gasteiger charge is -2.25. The van der Waals surface area contributed by atoms with Crippen molar-refractivity contribution in [1.82, 2.24) is 0 Å². The van der Waals surface area contributed by atoms with Gasteiger partial charge in [0.2, 0.25) is 0 Å². The van der Waals surface area contributed by atoms with E-state index in [1.54, 1.807) is 26.0 Å². The van der Waals surface area contributed by atoms with Crippen molar-refractivity contribution in [2.75, 3.05) is 13.2 Å². The minimum Gasteiger partial charge on any atom is -0.484 e. The quantitative estimate of drug-likeness (QED) is 0.779. The molecular weight excluding hydrogens is 272 g/mol. The van der Waals surface area contributed by atoms with Crippen LogP contribution in [0.1, 0.15) is 25.8 Å². The van der Waals surface area contributed by atoms with E-state index in [-0.39, 0.29) is 13.0 Å². The molecule has 0 fully saturated rings. The molecule has 1 unspecified atom stereocenters. The Morgan fingerprint density at radius 3 is 2.57 bits per heavy atom. The van der Waals surface area contributed by atoms with E-state index < -0.39 is 18.0 Å². The lowest BCUT2D eigenvalue weighted by molar-refractivity contribution is -0.145. The number of esters is 2. The number of ether oxygens (including phenoxy) is 3. The monoisotopic (exact) mass is 290 g/mol. The van der Waals surface area contributed by atoms with Crippen LogP contribution in [0.3, 0.4) is 0 Å². The minimum atomic E-state index is -0.682. The van der Waals surface area contributed by atoms with E-state index in [0.717, 1.165) is 5.56 Å². The third-order valence-corrected chi connectivity index (χ3v) is 3.01. The van der Waals surface area contributed by atoms with Crippen LogP contribution in [0, 0.1) is 0 Å². The van der Waals surface area contributed by atoms with Crippen LogP contribution >= 0.6 is 0 Å². The minimum absolute atomic E-state index is 0.0210. The molecule has 1 aliphatic rings. The van der Waals surface area contributed by atoms with E-state index in [0.29, 0.717) is 17.9 Å². The standard InChI is InChI=1S/C16H18O5/c1-3-19-15(17)10-14-12(16(18)20-4-2)9-11-7-5-6-8-13(11)21-14/h5-9,14H,3-4,10H2,1-2H3. The molecule has 1 aromatic rings. The number of rotatable bonds is 5. The van der Waals surface area contributed by atoms with Gasteiger partial charge in [0.1, 0.15) is 11.9 Å². The first-order valence-electron chi connectivity index (χ1n) is 6.95. The van der Waals surface area contributed by atoms with Crippen LogP contribution in [-0.4, -0.2) is 31.3 Å². The Morgan fingerprint density at radius 1 is 1.14 bits per heavy atom. The predicted molar refractivity (Wildman–Crippen MR) is 76.7 cm³/mol. The molecule has 5 heteroatoms. The molecule has 2 rings (SSSR count). The van der Waals surface area contributed by atoms with E-state index >= 15 is 0 Å². The molecule has 0 saturated heterocycles. The van der Waals surface area contributed by atoms with Gasteiger partial charge in [-0.1, -0.05) is 18.2 Å². The van der Waals surface area contributed by atoms with Gasteiger partial charge in [-0.3, -0.25) is 4.79 Å². The van der Waals surface area contributed by atoms with E-state index in [1.807, 2.05) is 18.2 Å². The molecule has 1 aliphatic heterocycles. The second kappa shape index (κ2) is 6.92. The molecule has 0 spiro atoms. The second-order valence-corrected chi connectivity index (χ2v) is 4.47. The molecule has 21 heavy (non-hydrogen) atoms. The van der Waals surface area contributed by atoms with Gasteiger partial charge in [-0.25, -0.2) is 4.79 Å².